The molecule has 2 N–H and O–H groups in total. The summed E-state index contributed by atoms with van der Waals surface area (Å²) in [4.78, 5) is 12.5. The molecule has 0 spiro atoms. The van der Waals surface area contributed by atoms with Crippen molar-refractivity contribution in [2.45, 2.75) is 109 Å². The van der Waals surface area contributed by atoms with Gasteiger partial charge in [-0.1, -0.05) is 26.2 Å². The maximum Gasteiger partial charge on any atom is 0.438 e. The largest absolute Gasteiger partial charge is 0.438 e. The predicted octanol–water partition coefficient (Wildman–Crippen LogP) is 5.97. The highest BCUT2D eigenvalue weighted by molar-refractivity contribution is 5.83. The van der Waals surface area contributed by atoms with Crippen LogP contribution in [0.2, 0.25) is 0 Å². The summed E-state index contributed by atoms with van der Waals surface area (Å²) >= 11 is 0. The van der Waals surface area contributed by atoms with Crippen LogP contribution in [0.3, 0.4) is 0 Å². The van der Waals surface area contributed by atoms with Crippen molar-refractivity contribution in [2.75, 3.05) is 0 Å². The molecule has 3 nitrogen and oxygen atoms in total. The second-order valence-corrected chi connectivity index (χ2v) is 11.0. The molecule has 0 bridgehead atoms. The van der Waals surface area contributed by atoms with E-state index in [0.717, 1.165) is 12.3 Å². The molecule has 2 aliphatic rings. The van der Waals surface area contributed by atoms with Gasteiger partial charge >= 0.3 is 18.0 Å². The molecule has 190 valence electrons. The number of alkyl halides is 6. The van der Waals surface area contributed by atoms with Crippen LogP contribution < -0.4 is 0 Å². The Morgan fingerprint density at radius 2 is 1.58 bits per heavy atom. The van der Waals surface area contributed by atoms with E-state index in [1.165, 1.54) is 0 Å². The number of aliphatic hydroxyl groups is 2. The standard InChI is InChI=1S/C24H34F6O3/c1-19(2,32)11-6-12-20(3,13-7-15-22(33,23(25,26)27)24(28,29)30)18-10-9-16-17(31)8-5-14-21(16,18)4/h16,18,32-33H,5-6,8-14H2,1-4H3/t16?,18-,20+,21+/m1/s1. The van der Waals surface area contributed by atoms with Crippen LogP contribution in [-0.2, 0) is 4.79 Å². The number of hydrogen-bond donors (Lipinski definition) is 2. The molecule has 0 amide bonds. The lowest BCUT2D eigenvalue weighted by molar-refractivity contribution is -0.343. The second kappa shape index (κ2) is 9.07. The minimum Gasteiger partial charge on any atom is -0.390 e. The first kappa shape index (κ1) is 28.0. The van der Waals surface area contributed by atoms with Crippen LogP contribution in [0.15, 0.2) is 0 Å². The maximum atomic E-state index is 13.0. The Bertz CT molecular complexity index is 771. The number of rotatable bonds is 6. The average molecular weight is 485 g/mol. The van der Waals surface area contributed by atoms with E-state index in [9.17, 15) is 41.4 Å². The summed E-state index contributed by atoms with van der Waals surface area (Å²) < 4.78 is 78.3. The summed E-state index contributed by atoms with van der Waals surface area (Å²) in [5, 5.41) is 19.5. The van der Waals surface area contributed by atoms with Gasteiger partial charge in [-0.05, 0) is 75.0 Å². The molecule has 2 aliphatic carbocycles. The van der Waals surface area contributed by atoms with Crippen molar-refractivity contribution in [1.82, 2.24) is 0 Å². The van der Waals surface area contributed by atoms with Crippen LogP contribution in [0.25, 0.3) is 0 Å². The van der Waals surface area contributed by atoms with Gasteiger partial charge in [-0.3, -0.25) is 4.79 Å². The summed E-state index contributed by atoms with van der Waals surface area (Å²) in [5.41, 5.74) is -7.25. The first-order valence-electron chi connectivity index (χ1n) is 11.4. The number of Topliss-reactive ketones (excluding diaryl/α,β-unsaturated/α-hetero) is 1. The third-order valence-corrected chi connectivity index (χ3v) is 7.82. The van der Waals surface area contributed by atoms with Crippen molar-refractivity contribution in [1.29, 1.82) is 0 Å². The highest BCUT2D eigenvalue weighted by atomic mass is 19.4. The van der Waals surface area contributed by atoms with Crippen molar-refractivity contribution in [3.05, 3.63) is 0 Å². The molecule has 2 fully saturated rings. The number of halogens is 6. The number of hydrogen-bond acceptors (Lipinski definition) is 3. The molecule has 1 unspecified atom stereocenters. The van der Waals surface area contributed by atoms with Gasteiger partial charge in [0.15, 0.2) is 0 Å². The Balaban J connectivity index is 2.39. The summed E-state index contributed by atoms with van der Waals surface area (Å²) in [6.07, 6.45) is -7.71. The van der Waals surface area contributed by atoms with Gasteiger partial charge in [-0.25, -0.2) is 0 Å². The fourth-order valence-electron chi connectivity index (χ4n) is 6.06. The molecular weight excluding hydrogens is 450 g/mol. The fourth-order valence-corrected chi connectivity index (χ4v) is 6.06. The topological polar surface area (TPSA) is 57.5 Å². The number of carbonyl (C=O) groups is 1. The summed E-state index contributed by atoms with van der Waals surface area (Å²) in [5.74, 6) is 3.01. The van der Waals surface area contributed by atoms with Gasteiger partial charge in [0.1, 0.15) is 5.78 Å². The van der Waals surface area contributed by atoms with Gasteiger partial charge in [0, 0.05) is 18.8 Å². The Labute approximate surface area is 191 Å². The van der Waals surface area contributed by atoms with Crippen LogP contribution in [0.1, 0.15) is 85.5 Å². The Hall–Kier alpha value is -1.27. The van der Waals surface area contributed by atoms with E-state index in [-0.39, 0.29) is 24.0 Å². The van der Waals surface area contributed by atoms with Gasteiger partial charge < -0.3 is 10.2 Å². The van der Waals surface area contributed by atoms with Crippen LogP contribution in [0, 0.1) is 34.5 Å². The van der Waals surface area contributed by atoms with Gasteiger partial charge in [0.05, 0.1) is 5.60 Å². The van der Waals surface area contributed by atoms with Crippen LogP contribution >= 0.6 is 0 Å². The summed E-state index contributed by atoms with van der Waals surface area (Å²) in [7, 11) is 0. The zero-order chi connectivity index (χ0) is 25.5. The molecule has 2 rings (SSSR count). The van der Waals surface area contributed by atoms with Crippen molar-refractivity contribution in [3.8, 4) is 11.8 Å². The molecule has 0 radical (unpaired) electrons. The zero-order valence-electron chi connectivity index (χ0n) is 19.6. The van der Waals surface area contributed by atoms with Gasteiger partial charge in [-0.15, -0.1) is 0 Å². The third kappa shape index (κ3) is 5.70. The van der Waals surface area contributed by atoms with Crippen molar-refractivity contribution in [3.63, 3.8) is 0 Å². The quantitative estimate of drug-likeness (QED) is 0.361. The molecule has 0 aromatic heterocycles. The summed E-state index contributed by atoms with van der Waals surface area (Å²) in [6.45, 7) is 7.05. The van der Waals surface area contributed by atoms with Crippen molar-refractivity contribution in [2.24, 2.45) is 22.7 Å². The van der Waals surface area contributed by atoms with E-state index in [0.29, 0.717) is 44.9 Å². The first-order chi connectivity index (χ1) is 14.8. The highest BCUT2D eigenvalue weighted by Gasteiger charge is 2.70. The number of fused-ring (bicyclic) bond motifs is 1. The molecule has 9 heteroatoms. The minimum atomic E-state index is -5.99. The smallest absolute Gasteiger partial charge is 0.390 e. The second-order valence-electron chi connectivity index (χ2n) is 11.0. The van der Waals surface area contributed by atoms with E-state index in [1.807, 2.05) is 12.8 Å². The van der Waals surface area contributed by atoms with E-state index in [2.05, 4.69) is 0 Å². The van der Waals surface area contributed by atoms with Crippen molar-refractivity contribution < 1.29 is 41.4 Å². The van der Waals surface area contributed by atoms with E-state index < -0.39 is 34.4 Å². The molecule has 0 aromatic rings. The van der Waals surface area contributed by atoms with Crippen LogP contribution in [-0.4, -0.2) is 39.6 Å². The minimum absolute atomic E-state index is 0.125. The number of carbonyl (C=O) groups excluding carboxylic acids is 1. The van der Waals surface area contributed by atoms with Crippen LogP contribution in [0.4, 0.5) is 26.3 Å². The van der Waals surface area contributed by atoms with E-state index >= 15 is 0 Å². The molecular formula is C24H34F6O3. The lowest BCUT2D eigenvalue weighted by atomic mass is 9.56. The monoisotopic (exact) mass is 484 g/mol. The van der Waals surface area contributed by atoms with E-state index in [1.54, 1.807) is 20.8 Å². The molecule has 4 atom stereocenters. The fraction of sp³-hybridized carbons (Fsp3) is 0.875. The Morgan fingerprint density at radius 1 is 1.00 bits per heavy atom. The molecule has 33 heavy (non-hydrogen) atoms. The third-order valence-electron chi connectivity index (χ3n) is 7.82. The number of ketones is 1. The van der Waals surface area contributed by atoms with Gasteiger partial charge in [0.2, 0.25) is 0 Å². The summed E-state index contributed by atoms with van der Waals surface area (Å²) in [6, 6.07) is 0. The zero-order valence-corrected chi connectivity index (χ0v) is 19.6. The molecule has 0 saturated heterocycles. The van der Waals surface area contributed by atoms with Gasteiger partial charge in [-0.2, -0.15) is 26.3 Å². The maximum absolute atomic E-state index is 13.0. The van der Waals surface area contributed by atoms with Gasteiger partial charge in [0.25, 0.3) is 0 Å². The molecule has 0 aliphatic heterocycles. The lowest BCUT2D eigenvalue weighted by Gasteiger charge is -2.48. The molecule has 0 aromatic carbocycles. The Kier molecular flexibility index (Phi) is 7.69. The first-order valence-corrected chi connectivity index (χ1v) is 11.4. The average Bonchev–Trinajstić information content (AvgIpc) is 2.97. The lowest BCUT2D eigenvalue weighted by Crippen LogP contribution is -2.55. The van der Waals surface area contributed by atoms with E-state index in [4.69, 9.17) is 0 Å². The normalized spacial score (nSPS) is 28.7. The Morgan fingerprint density at radius 3 is 2.09 bits per heavy atom. The van der Waals surface area contributed by atoms with Crippen molar-refractivity contribution >= 4 is 5.78 Å². The SMILES string of the molecule is CC(C)(O)CCC[C@@](C)(CC#CC(O)(C(F)(F)F)C(F)(F)F)[C@H]1CCC2C(=O)CCC[C@@]21C. The molecule has 2 saturated carbocycles. The highest BCUT2D eigenvalue weighted by Crippen LogP contribution is 2.61. The molecule has 0 heterocycles. The predicted molar refractivity (Wildman–Crippen MR) is 111 cm³/mol. The van der Waals surface area contributed by atoms with Crippen LogP contribution in [0.5, 0.6) is 0 Å².